The van der Waals surface area contributed by atoms with E-state index in [4.69, 9.17) is 0 Å². The van der Waals surface area contributed by atoms with Crippen molar-refractivity contribution < 1.29 is 0 Å². The largest absolute Gasteiger partial charge is 0.310 e. The molecule has 8 aromatic rings. The minimum absolute atomic E-state index is 0.189. The first-order valence-corrected chi connectivity index (χ1v) is 17.1. The van der Waals surface area contributed by atoms with Gasteiger partial charge in [0.1, 0.15) is 0 Å². The lowest BCUT2D eigenvalue weighted by molar-refractivity contribution is 0.731. The average Bonchev–Trinajstić information content (AvgIpc) is 3.50. The van der Waals surface area contributed by atoms with Crippen molar-refractivity contribution in [3.05, 3.63) is 216 Å². The SMILES string of the molecule is c1ccc(C2(c3ccccc3)c3ccccc3N(c3ccc(B4c5ccccc5-c5cc6ccccc6cc54)cc3)c3ccccc32)cc1. The first-order valence-electron chi connectivity index (χ1n) is 17.1. The molecule has 0 atom stereocenters. The van der Waals surface area contributed by atoms with E-state index in [0.717, 1.165) is 5.69 Å². The van der Waals surface area contributed by atoms with Gasteiger partial charge in [0.05, 0.1) is 16.8 Å². The average molecular weight is 622 g/mol. The van der Waals surface area contributed by atoms with Gasteiger partial charge in [-0.15, -0.1) is 0 Å². The molecule has 0 radical (unpaired) electrons. The van der Waals surface area contributed by atoms with Crippen molar-refractivity contribution in [1.82, 2.24) is 0 Å². The molecule has 8 aromatic carbocycles. The maximum absolute atomic E-state index is 2.46. The summed E-state index contributed by atoms with van der Waals surface area (Å²) in [5.41, 5.74) is 14.9. The van der Waals surface area contributed by atoms with Crippen LogP contribution in [0.2, 0.25) is 0 Å². The molecule has 0 saturated carbocycles. The molecule has 10 rings (SSSR count). The number of nitrogens with zero attached hydrogens (tertiary/aromatic N) is 1. The minimum Gasteiger partial charge on any atom is -0.310 e. The van der Waals surface area contributed by atoms with Crippen LogP contribution in [0.4, 0.5) is 17.1 Å². The van der Waals surface area contributed by atoms with E-state index in [-0.39, 0.29) is 6.71 Å². The Balaban J connectivity index is 1.15. The summed E-state index contributed by atoms with van der Waals surface area (Å²) in [5.74, 6) is 0. The van der Waals surface area contributed by atoms with Crippen LogP contribution in [-0.4, -0.2) is 6.71 Å². The highest BCUT2D eigenvalue weighted by atomic mass is 15.2. The molecular formula is C47H32BN. The van der Waals surface area contributed by atoms with Gasteiger partial charge >= 0.3 is 0 Å². The second-order valence-electron chi connectivity index (χ2n) is 13.3. The predicted octanol–water partition coefficient (Wildman–Crippen LogP) is 9.50. The fourth-order valence-corrected chi connectivity index (χ4v) is 8.76. The standard InChI is InChI=1S/C47H32BN/c1-3-17-35(18-4-1)47(36-19-5-2-6-20-36)41-22-10-13-25-45(41)49(46-26-14-11-23-42(46)47)38-29-27-37(28-30-38)48-43-24-12-9-21-39(43)40-31-33-15-7-8-16-34(33)32-44(40)48/h1-32H. The molecule has 0 spiro atoms. The van der Waals surface area contributed by atoms with Crippen LogP contribution in [0.5, 0.6) is 0 Å². The second kappa shape index (κ2) is 11.0. The van der Waals surface area contributed by atoms with Crippen LogP contribution in [0, 0.1) is 0 Å². The van der Waals surface area contributed by atoms with Crippen molar-refractivity contribution in [1.29, 1.82) is 0 Å². The monoisotopic (exact) mass is 621 g/mol. The summed E-state index contributed by atoms with van der Waals surface area (Å²) in [4.78, 5) is 2.46. The Hall–Kier alpha value is -6.12. The summed E-state index contributed by atoms with van der Waals surface area (Å²) in [6.07, 6.45) is 0. The number of benzene rings is 8. The van der Waals surface area contributed by atoms with Crippen LogP contribution in [0.25, 0.3) is 21.9 Å². The second-order valence-corrected chi connectivity index (χ2v) is 13.3. The molecule has 0 saturated heterocycles. The Morgan fingerprint density at radius 3 is 1.53 bits per heavy atom. The number of para-hydroxylation sites is 2. The summed E-state index contributed by atoms with van der Waals surface area (Å²) in [6, 6.07) is 71.7. The Morgan fingerprint density at radius 2 is 0.898 bits per heavy atom. The lowest BCUT2D eigenvalue weighted by Gasteiger charge is -2.46. The van der Waals surface area contributed by atoms with Crippen molar-refractivity contribution in [3.8, 4) is 11.1 Å². The molecule has 0 unspecified atom stereocenters. The quantitative estimate of drug-likeness (QED) is 0.177. The Bertz CT molecular complexity index is 2410. The molecule has 0 aromatic heterocycles. The van der Waals surface area contributed by atoms with E-state index in [9.17, 15) is 0 Å². The topological polar surface area (TPSA) is 3.24 Å². The van der Waals surface area contributed by atoms with Gasteiger partial charge in [-0.25, -0.2) is 0 Å². The van der Waals surface area contributed by atoms with Crippen molar-refractivity contribution in [3.63, 3.8) is 0 Å². The van der Waals surface area contributed by atoms with E-state index in [1.165, 1.54) is 71.9 Å². The molecule has 1 nitrogen and oxygen atoms in total. The summed E-state index contributed by atoms with van der Waals surface area (Å²) in [6.45, 7) is 0.189. The maximum Gasteiger partial charge on any atom is 0.242 e. The van der Waals surface area contributed by atoms with Crippen molar-refractivity contribution in [2.75, 3.05) is 4.90 Å². The Kier molecular flexibility index (Phi) is 6.26. The third-order valence-corrected chi connectivity index (χ3v) is 10.8. The molecule has 0 fully saturated rings. The smallest absolute Gasteiger partial charge is 0.242 e. The Morgan fingerprint density at radius 1 is 0.388 bits per heavy atom. The molecule has 2 heteroatoms. The highest BCUT2D eigenvalue weighted by Crippen LogP contribution is 2.57. The van der Waals surface area contributed by atoms with Gasteiger partial charge in [0.25, 0.3) is 0 Å². The number of hydrogen-bond acceptors (Lipinski definition) is 1. The summed E-state index contributed by atoms with van der Waals surface area (Å²) >= 11 is 0. The zero-order chi connectivity index (χ0) is 32.4. The number of hydrogen-bond donors (Lipinski definition) is 0. The van der Waals surface area contributed by atoms with Crippen LogP contribution in [0.3, 0.4) is 0 Å². The van der Waals surface area contributed by atoms with Gasteiger partial charge in [-0.05, 0) is 74.5 Å². The molecule has 0 aliphatic carbocycles. The number of rotatable bonds is 4. The molecule has 0 bridgehead atoms. The molecule has 0 amide bonds. The van der Waals surface area contributed by atoms with E-state index in [0.29, 0.717) is 0 Å². The van der Waals surface area contributed by atoms with Gasteiger partial charge in [-0.2, -0.15) is 0 Å². The number of fused-ring (bicyclic) bond motifs is 6. The van der Waals surface area contributed by atoms with Gasteiger partial charge in [-0.3, -0.25) is 0 Å². The third-order valence-electron chi connectivity index (χ3n) is 10.8. The Labute approximate surface area is 287 Å². The highest BCUT2D eigenvalue weighted by molar-refractivity contribution is 6.99. The lowest BCUT2D eigenvalue weighted by Crippen LogP contribution is -2.48. The molecule has 228 valence electrons. The molecule has 2 heterocycles. The lowest BCUT2D eigenvalue weighted by atomic mass is 9.39. The molecule has 49 heavy (non-hydrogen) atoms. The van der Waals surface area contributed by atoms with Crippen molar-refractivity contribution in [2.45, 2.75) is 5.41 Å². The highest BCUT2D eigenvalue weighted by Gasteiger charge is 2.46. The first-order chi connectivity index (χ1) is 24.3. The van der Waals surface area contributed by atoms with Crippen LogP contribution in [0.1, 0.15) is 22.3 Å². The van der Waals surface area contributed by atoms with Crippen molar-refractivity contribution >= 4 is 50.9 Å². The molecular weight excluding hydrogens is 589 g/mol. The normalized spacial score (nSPS) is 13.8. The van der Waals surface area contributed by atoms with Gasteiger partial charge < -0.3 is 4.90 Å². The van der Waals surface area contributed by atoms with Crippen LogP contribution < -0.4 is 21.3 Å². The maximum atomic E-state index is 2.46. The number of anilines is 3. The molecule has 2 aliphatic rings. The zero-order valence-corrected chi connectivity index (χ0v) is 27.0. The summed E-state index contributed by atoms with van der Waals surface area (Å²) in [5, 5.41) is 2.58. The van der Waals surface area contributed by atoms with E-state index in [1.807, 2.05) is 0 Å². The van der Waals surface area contributed by atoms with Gasteiger partial charge in [0, 0.05) is 5.69 Å². The van der Waals surface area contributed by atoms with E-state index in [2.05, 4.69) is 199 Å². The van der Waals surface area contributed by atoms with Crippen LogP contribution in [-0.2, 0) is 5.41 Å². The molecule has 0 N–H and O–H groups in total. The van der Waals surface area contributed by atoms with Gasteiger partial charge in [0.15, 0.2) is 0 Å². The third kappa shape index (κ3) is 4.07. The van der Waals surface area contributed by atoms with Crippen LogP contribution in [0.15, 0.2) is 194 Å². The van der Waals surface area contributed by atoms with E-state index < -0.39 is 5.41 Å². The van der Waals surface area contributed by atoms with Crippen LogP contribution >= 0.6 is 0 Å². The van der Waals surface area contributed by atoms with Crippen molar-refractivity contribution in [2.24, 2.45) is 0 Å². The van der Waals surface area contributed by atoms with E-state index >= 15 is 0 Å². The first kappa shape index (κ1) is 27.9. The molecule has 2 aliphatic heterocycles. The minimum atomic E-state index is -0.466. The zero-order valence-electron chi connectivity index (χ0n) is 27.0. The fourth-order valence-electron chi connectivity index (χ4n) is 8.76. The summed E-state index contributed by atoms with van der Waals surface area (Å²) < 4.78 is 0. The predicted molar refractivity (Wildman–Crippen MR) is 207 cm³/mol. The van der Waals surface area contributed by atoms with Gasteiger partial charge in [-0.1, -0.05) is 180 Å². The van der Waals surface area contributed by atoms with E-state index in [1.54, 1.807) is 0 Å². The van der Waals surface area contributed by atoms with Gasteiger partial charge in [0.2, 0.25) is 6.71 Å². The fraction of sp³-hybridized carbons (Fsp3) is 0.0213. The summed E-state index contributed by atoms with van der Waals surface area (Å²) in [7, 11) is 0.